The predicted molar refractivity (Wildman–Crippen MR) is 111 cm³/mol. The lowest BCUT2D eigenvalue weighted by atomic mass is 9.99. The van der Waals surface area contributed by atoms with Gasteiger partial charge in [0.1, 0.15) is 0 Å². The van der Waals surface area contributed by atoms with Crippen LogP contribution in [0.2, 0.25) is 5.02 Å². The average molecular weight is 401 g/mol. The van der Waals surface area contributed by atoms with Gasteiger partial charge >= 0.3 is 0 Å². The van der Waals surface area contributed by atoms with Crippen LogP contribution >= 0.6 is 11.6 Å². The first-order chi connectivity index (χ1) is 13.5. The van der Waals surface area contributed by atoms with Gasteiger partial charge in [-0.15, -0.1) is 6.58 Å². The summed E-state index contributed by atoms with van der Waals surface area (Å²) in [6.07, 6.45) is 1.24. The predicted octanol–water partition coefficient (Wildman–Crippen LogP) is 3.39. The van der Waals surface area contributed by atoms with E-state index in [1.165, 1.54) is 0 Å². The fourth-order valence-corrected chi connectivity index (χ4v) is 2.84. The molecule has 2 rings (SSSR count). The van der Waals surface area contributed by atoms with Crippen molar-refractivity contribution in [2.75, 3.05) is 6.54 Å². The van der Waals surface area contributed by atoms with Crippen LogP contribution in [0.25, 0.3) is 0 Å². The first kappa shape index (κ1) is 21.7. The highest BCUT2D eigenvalue weighted by molar-refractivity contribution is 6.30. The van der Waals surface area contributed by atoms with E-state index in [0.717, 1.165) is 11.1 Å². The number of halogens is 1. The highest BCUT2D eigenvalue weighted by atomic mass is 35.5. The van der Waals surface area contributed by atoms with Crippen molar-refractivity contribution < 1.29 is 14.7 Å². The minimum absolute atomic E-state index is 0.0485. The van der Waals surface area contributed by atoms with E-state index in [4.69, 9.17) is 11.6 Å². The Labute approximate surface area is 170 Å². The Hall–Kier alpha value is -2.63. The van der Waals surface area contributed by atoms with Crippen LogP contribution in [0.15, 0.2) is 67.3 Å². The smallest absolute Gasteiger partial charge is 0.224 e. The first-order valence-electron chi connectivity index (χ1n) is 9.12. The molecule has 2 atom stereocenters. The number of amides is 2. The molecule has 0 aliphatic carbocycles. The van der Waals surface area contributed by atoms with Crippen molar-refractivity contribution in [3.05, 3.63) is 83.4 Å². The van der Waals surface area contributed by atoms with Crippen molar-refractivity contribution in [1.82, 2.24) is 10.6 Å². The topological polar surface area (TPSA) is 78.4 Å². The highest BCUT2D eigenvalue weighted by Crippen LogP contribution is 2.14. The molecule has 0 heterocycles. The van der Waals surface area contributed by atoms with Crippen LogP contribution in [0.5, 0.6) is 0 Å². The zero-order chi connectivity index (χ0) is 20.4. The fraction of sp³-hybridized carbons (Fsp3) is 0.273. The molecule has 3 N–H and O–H groups in total. The number of benzene rings is 2. The second-order valence-electron chi connectivity index (χ2n) is 6.50. The summed E-state index contributed by atoms with van der Waals surface area (Å²) in [6, 6.07) is 16.3. The van der Waals surface area contributed by atoms with Crippen LogP contribution < -0.4 is 10.6 Å². The van der Waals surface area contributed by atoms with E-state index in [9.17, 15) is 14.7 Å². The maximum absolute atomic E-state index is 12.5. The van der Waals surface area contributed by atoms with Crippen LogP contribution in [-0.2, 0) is 16.1 Å². The largest absolute Gasteiger partial charge is 0.387 e. The van der Waals surface area contributed by atoms with Crippen LogP contribution in [-0.4, -0.2) is 23.5 Å². The molecular formula is C22H25ClN2O3. The van der Waals surface area contributed by atoms with Crippen LogP contribution in [0.4, 0.5) is 0 Å². The molecule has 0 aliphatic rings. The van der Waals surface area contributed by atoms with Crippen molar-refractivity contribution in [3.63, 3.8) is 0 Å². The third-order valence-electron chi connectivity index (χ3n) is 4.31. The van der Waals surface area contributed by atoms with Crippen molar-refractivity contribution in [3.8, 4) is 0 Å². The molecule has 2 aromatic carbocycles. The average Bonchev–Trinajstić information content (AvgIpc) is 2.71. The molecule has 0 aromatic heterocycles. The molecular weight excluding hydrogens is 376 g/mol. The number of aliphatic hydroxyl groups is 1. The maximum atomic E-state index is 12.5. The van der Waals surface area contributed by atoms with Gasteiger partial charge in [-0.25, -0.2) is 0 Å². The second-order valence-corrected chi connectivity index (χ2v) is 6.94. The normalized spacial score (nSPS) is 12.6. The first-order valence-corrected chi connectivity index (χ1v) is 9.50. The summed E-state index contributed by atoms with van der Waals surface area (Å²) < 4.78 is 0. The minimum atomic E-state index is -0.798. The molecule has 6 heteroatoms. The molecule has 0 aliphatic heterocycles. The number of hydrogen-bond donors (Lipinski definition) is 3. The van der Waals surface area contributed by atoms with Crippen molar-refractivity contribution in [2.24, 2.45) is 5.92 Å². The molecule has 0 saturated heterocycles. The van der Waals surface area contributed by atoms with Gasteiger partial charge in [0.2, 0.25) is 11.8 Å². The molecule has 5 nitrogen and oxygen atoms in total. The van der Waals surface area contributed by atoms with E-state index >= 15 is 0 Å². The van der Waals surface area contributed by atoms with Crippen LogP contribution in [0.3, 0.4) is 0 Å². The fourth-order valence-electron chi connectivity index (χ4n) is 2.72. The molecule has 28 heavy (non-hydrogen) atoms. The Bertz CT molecular complexity index is 778. The Kier molecular flexibility index (Phi) is 8.72. The van der Waals surface area contributed by atoms with Crippen LogP contribution in [0, 0.1) is 5.92 Å². The Morgan fingerprint density at radius 1 is 1.07 bits per heavy atom. The van der Waals surface area contributed by atoms with Gasteiger partial charge < -0.3 is 15.7 Å². The van der Waals surface area contributed by atoms with E-state index in [-0.39, 0.29) is 24.8 Å². The summed E-state index contributed by atoms with van der Waals surface area (Å²) in [7, 11) is 0. The van der Waals surface area contributed by atoms with E-state index in [1.807, 2.05) is 30.3 Å². The molecule has 2 unspecified atom stereocenters. The molecule has 0 bridgehead atoms. The van der Waals surface area contributed by atoms with Gasteiger partial charge in [0.05, 0.1) is 12.0 Å². The summed E-state index contributed by atoms with van der Waals surface area (Å²) in [4.78, 5) is 24.7. The van der Waals surface area contributed by atoms with Gasteiger partial charge in [0, 0.05) is 24.5 Å². The molecule has 148 valence electrons. The van der Waals surface area contributed by atoms with Gasteiger partial charge in [-0.2, -0.15) is 0 Å². The maximum Gasteiger partial charge on any atom is 0.224 e. The van der Waals surface area contributed by atoms with Crippen molar-refractivity contribution in [2.45, 2.75) is 25.5 Å². The third kappa shape index (κ3) is 7.18. The molecule has 0 radical (unpaired) electrons. The lowest BCUT2D eigenvalue weighted by Gasteiger charge is -2.17. The SMILES string of the molecule is C=CCC(CC(=O)NCc1ccc(Cl)cc1)C(=O)NCC(O)c1ccccc1. The monoisotopic (exact) mass is 400 g/mol. The van der Waals surface area contributed by atoms with Gasteiger partial charge in [0.25, 0.3) is 0 Å². The number of allylic oxidation sites excluding steroid dienone is 1. The van der Waals surface area contributed by atoms with Crippen molar-refractivity contribution >= 4 is 23.4 Å². The number of aliphatic hydroxyl groups excluding tert-OH is 1. The Morgan fingerprint density at radius 3 is 2.39 bits per heavy atom. The lowest BCUT2D eigenvalue weighted by Crippen LogP contribution is -2.36. The van der Waals surface area contributed by atoms with E-state index in [2.05, 4.69) is 17.2 Å². The summed E-state index contributed by atoms with van der Waals surface area (Å²) in [5.41, 5.74) is 1.65. The quantitative estimate of drug-likeness (QED) is 0.535. The molecule has 0 fully saturated rings. The Morgan fingerprint density at radius 2 is 1.75 bits per heavy atom. The molecule has 2 amide bonds. The zero-order valence-electron chi connectivity index (χ0n) is 15.6. The molecule has 0 saturated carbocycles. The van der Waals surface area contributed by atoms with Gasteiger partial charge in [-0.05, 0) is 29.7 Å². The van der Waals surface area contributed by atoms with Gasteiger partial charge in [0.15, 0.2) is 0 Å². The van der Waals surface area contributed by atoms with Crippen molar-refractivity contribution in [1.29, 1.82) is 0 Å². The number of carbonyl (C=O) groups excluding carboxylic acids is 2. The van der Waals surface area contributed by atoms with Crippen LogP contribution in [0.1, 0.15) is 30.1 Å². The number of nitrogens with one attached hydrogen (secondary N) is 2. The second kappa shape index (κ2) is 11.3. The molecule has 2 aromatic rings. The number of carbonyl (C=O) groups is 2. The zero-order valence-corrected chi connectivity index (χ0v) is 16.4. The van der Waals surface area contributed by atoms with Gasteiger partial charge in [-0.3, -0.25) is 9.59 Å². The number of hydrogen-bond acceptors (Lipinski definition) is 3. The van der Waals surface area contributed by atoms with E-state index < -0.39 is 12.0 Å². The van der Waals surface area contributed by atoms with E-state index in [1.54, 1.807) is 30.3 Å². The summed E-state index contributed by atoms with van der Waals surface area (Å²) in [5.74, 6) is -1.04. The van der Waals surface area contributed by atoms with E-state index in [0.29, 0.717) is 18.0 Å². The lowest BCUT2D eigenvalue weighted by molar-refractivity contribution is -0.130. The third-order valence-corrected chi connectivity index (χ3v) is 4.56. The standard InChI is InChI=1S/C22H25ClN2O3/c1-2-6-18(13-21(27)24-14-16-9-11-19(23)12-10-16)22(28)25-15-20(26)17-7-4-3-5-8-17/h2-5,7-12,18,20,26H,1,6,13-15H2,(H,24,27)(H,25,28). The summed E-state index contributed by atoms with van der Waals surface area (Å²) in [6.45, 7) is 4.11. The highest BCUT2D eigenvalue weighted by Gasteiger charge is 2.21. The molecule has 0 spiro atoms. The number of rotatable bonds is 10. The summed E-state index contributed by atoms with van der Waals surface area (Å²) in [5, 5.41) is 16.3. The Balaban J connectivity index is 1.83. The minimum Gasteiger partial charge on any atom is -0.387 e. The summed E-state index contributed by atoms with van der Waals surface area (Å²) >= 11 is 5.84. The van der Waals surface area contributed by atoms with Gasteiger partial charge in [-0.1, -0.05) is 60.1 Å².